The average molecular weight is 378 g/mol. The molecule has 1 amide bonds. The summed E-state index contributed by atoms with van der Waals surface area (Å²) in [5.74, 6) is -0.503. The monoisotopic (exact) mass is 378 g/mol. The number of nitrogen functional groups attached to an aromatic ring is 1. The fourth-order valence-electron chi connectivity index (χ4n) is 3.03. The molecule has 0 saturated carbocycles. The molecule has 1 aromatic heterocycles. The van der Waals surface area contributed by atoms with E-state index in [1.807, 2.05) is 5.38 Å². The highest BCUT2D eigenvalue weighted by Gasteiger charge is 2.28. The molecule has 8 heteroatoms. The highest BCUT2D eigenvalue weighted by molar-refractivity contribution is 7.13. The largest absolute Gasteiger partial charge is 0.444 e. The van der Waals surface area contributed by atoms with Crippen LogP contribution < -0.4 is 16.0 Å². The SMILES string of the molecule is CC(C)(C)OC(=O)Nc1ccc(N2CCC[C@@H]2c2csc(N)n2)cc1F. The van der Waals surface area contributed by atoms with E-state index >= 15 is 0 Å². The van der Waals surface area contributed by atoms with E-state index in [1.54, 1.807) is 32.9 Å². The first kappa shape index (κ1) is 18.4. The lowest BCUT2D eigenvalue weighted by Gasteiger charge is -2.26. The van der Waals surface area contributed by atoms with Crippen molar-refractivity contribution in [3.63, 3.8) is 0 Å². The minimum Gasteiger partial charge on any atom is -0.444 e. The predicted octanol–water partition coefficient (Wildman–Crippen LogP) is 4.55. The second-order valence-corrected chi connectivity index (χ2v) is 8.14. The number of amides is 1. The van der Waals surface area contributed by atoms with Crippen LogP contribution in [0.1, 0.15) is 45.3 Å². The van der Waals surface area contributed by atoms with Gasteiger partial charge in [-0.25, -0.2) is 14.2 Å². The number of ether oxygens (including phenoxy) is 1. The molecule has 2 aromatic rings. The number of nitrogens with zero attached hydrogens (tertiary/aromatic N) is 2. The number of halogens is 1. The summed E-state index contributed by atoms with van der Waals surface area (Å²) in [7, 11) is 0. The Kier molecular flexibility index (Phi) is 5.04. The maximum atomic E-state index is 14.5. The zero-order valence-electron chi connectivity index (χ0n) is 15.1. The fourth-order valence-corrected chi connectivity index (χ4v) is 3.64. The van der Waals surface area contributed by atoms with E-state index in [1.165, 1.54) is 17.4 Å². The highest BCUT2D eigenvalue weighted by atomic mass is 32.1. The average Bonchev–Trinajstić information content (AvgIpc) is 3.15. The number of nitrogens with one attached hydrogen (secondary N) is 1. The molecule has 1 aliphatic rings. The number of anilines is 3. The molecular formula is C18H23FN4O2S. The van der Waals surface area contributed by atoms with Crippen LogP contribution >= 0.6 is 11.3 Å². The van der Waals surface area contributed by atoms with E-state index in [2.05, 4.69) is 15.2 Å². The number of carbonyl (C=O) groups excluding carboxylic acids is 1. The maximum absolute atomic E-state index is 14.5. The first-order valence-electron chi connectivity index (χ1n) is 8.50. The lowest BCUT2D eigenvalue weighted by atomic mass is 10.1. The van der Waals surface area contributed by atoms with Gasteiger partial charge in [-0.05, 0) is 51.8 Å². The summed E-state index contributed by atoms with van der Waals surface area (Å²) in [5, 5.41) is 4.94. The number of aromatic nitrogens is 1. The van der Waals surface area contributed by atoms with Crippen molar-refractivity contribution in [1.29, 1.82) is 0 Å². The van der Waals surface area contributed by atoms with Gasteiger partial charge >= 0.3 is 6.09 Å². The lowest BCUT2D eigenvalue weighted by Crippen LogP contribution is -2.27. The number of thiazole rings is 1. The summed E-state index contributed by atoms with van der Waals surface area (Å²) >= 11 is 1.41. The number of carbonyl (C=O) groups is 1. The molecule has 6 nitrogen and oxygen atoms in total. The Morgan fingerprint density at radius 3 is 2.85 bits per heavy atom. The molecule has 0 bridgehead atoms. The quantitative estimate of drug-likeness (QED) is 0.819. The summed E-state index contributed by atoms with van der Waals surface area (Å²) < 4.78 is 19.7. The molecule has 3 rings (SSSR count). The molecule has 1 saturated heterocycles. The number of hydrogen-bond donors (Lipinski definition) is 2. The van der Waals surface area contributed by atoms with E-state index in [0.29, 0.717) is 5.13 Å². The number of hydrogen-bond acceptors (Lipinski definition) is 6. The third-order valence-electron chi connectivity index (χ3n) is 4.05. The molecular weight excluding hydrogens is 355 g/mol. The van der Waals surface area contributed by atoms with Crippen molar-refractivity contribution in [3.8, 4) is 0 Å². The molecule has 1 atom stereocenters. The van der Waals surface area contributed by atoms with Gasteiger partial charge < -0.3 is 15.4 Å². The van der Waals surface area contributed by atoms with E-state index in [9.17, 15) is 9.18 Å². The number of rotatable bonds is 3. The fraction of sp³-hybridized carbons (Fsp3) is 0.444. The normalized spacial score (nSPS) is 17.4. The van der Waals surface area contributed by atoms with Gasteiger partial charge in [-0.1, -0.05) is 0 Å². The Morgan fingerprint density at radius 2 is 2.23 bits per heavy atom. The Bertz CT molecular complexity index is 803. The van der Waals surface area contributed by atoms with Crippen molar-refractivity contribution in [2.45, 2.75) is 45.3 Å². The van der Waals surface area contributed by atoms with Crippen LogP contribution in [-0.4, -0.2) is 23.2 Å². The van der Waals surface area contributed by atoms with Crippen molar-refractivity contribution < 1.29 is 13.9 Å². The number of nitrogens with two attached hydrogens (primary N) is 1. The summed E-state index contributed by atoms with van der Waals surface area (Å²) in [6, 6.07) is 4.87. The summed E-state index contributed by atoms with van der Waals surface area (Å²) in [5.41, 5.74) is 6.87. The van der Waals surface area contributed by atoms with Crippen LogP contribution in [0.25, 0.3) is 0 Å². The van der Waals surface area contributed by atoms with Crippen LogP contribution in [0, 0.1) is 5.82 Å². The van der Waals surface area contributed by atoms with Gasteiger partial charge in [-0.3, -0.25) is 5.32 Å². The zero-order valence-corrected chi connectivity index (χ0v) is 15.9. The standard InChI is InChI=1S/C18H23FN4O2S/c1-18(2,3)25-17(24)22-13-7-6-11(9-12(13)19)23-8-4-5-15(23)14-10-26-16(20)21-14/h6-7,9-10,15H,4-5,8H2,1-3H3,(H2,20,21)(H,22,24)/t15-/m1/s1. The molecule has 0 spiro atoms. The second kappa shape index (κ2) is 7.11. The molecule has 0 radical (unpaired) electrons. The van der Waals surface area contributed by atoms with Gasteiger partial charge in [0.15, 0.2) is 5.13 Å². The predicted molar refractivity (Wildman–Crippen MR) is 102 cm³/mol. The zero-order chi connectivity index (χ0) is 18.9. The third kappa shape index (κ3) is 4.24. The molecule has 26 heavy (non-hydrogen) atoms. The van der Waals surface area contributed by atoms with E-state index < -0.39 is 17.5 Å². The van der Waals surface area contributed by atoms with Gasteiger partial charge in [-0.2, -0.15) is 0 Å². The van der Waals surface area contributed by atoms with Crippen molar-refractivity contribution in [2.24, 2.45) is 0 Å². The minimum atomic E-state index is -0.679. The van der Waals surface area contributed by atoms with Crippen molar-refractivity contribution in [1.82, 2.24) is 4.98 Å². The smallest absolute Gasteiger partial charge is 0.412 e. The van der Waals surface area contributed by atoms with Gasteiger partial charge in [0.2, 0.25) is 0 Å². The molecule has 0 unspecified atom stereocenters. The molecule has 1 aromatic carbocycles. The first-order chi connectivity index (χ1) is 12.2. The molecule has 1 fully saturated rings. The van der Waals surface area contributed by atoms with Crippen LogP contribution in [0.4, 0.5) is 25.7 Å². The van der Waals surface area contributed by atoms with Crippen LogP contribution in [-0.2, 0) is 4.74 Å². The van der Waals surface area contributed by atoms with Gasteiger partial charge in [0.1, 0.15) is 11.4 Å². The molecule has 0 aliphatic carbocycles. The van der Waals surface area contributed by atoms with Crippen molar-refractivity contribution in [2.75, 3.05) is 22.5 Å². The van der Waals surface area contributed by atoms with Crippen LogP contribution in [0.2, 0.25) is 0 Å². The van der Waals surface area contributed by atoms with Crippen LogP contribution in [0.15, 0.2) is 23.6 Å². The van der Waals surface area contributed by atoms with Gasteiger partial charge in [0.05, 0.1) is 17.4 Å². The Labute approximate surface area is 156 Å². The topological polar surface area (TPSA) is 80.5 Å². The van der Waals surface area contributed by atoms with Crippen LogP contribution in [0.5, 0.6) is 0 Å². The summed E-state index contributed by atoms with van der Waals surface area (Å²) in [6.45, 7) is 6.08. The van der Waals surface area contributed by atoms with Gasteiger partial charge in [0.25, 0.3) is 0 Å². The molecule has 1 aliphatic heterocycles. The van der Waals surface area contributed by atoms with E-state index in [-0.39, 0.29) is 11.7 Å². The van der Waals surface area contributed by atoms with E-state index in [4.69, 9.17) is 10.5 Å². The summed E-state index contributed by atoms with van der Waals surface area (Å²) in [6.07, 6.45) is 1.27. The van der Waals surface area contributed by atoms with Crippen LogP contribution in [0.3, 0.4) is 0 Å². The van der Waals surface area contributed by atoms with Gasteiger partial charge in [-0.15, -0.1) is 11.3 Å². The number of benzene rings is 1. The highest BCUT2D eigenvalue weighted by Crippen LogP contribution is 2.37. The third-order valence-corrected chi connectivity index (χ3v) is 4.75. The molecule has 3 N–H and O–H groups in total. The lowest BCUT2D eigenvalue weighted by molar-refractivity contribution is 0.0635. The van der Waals surface area contributed by atoms with Crippen molar-refractivity contribution in [3.05, 3.63) is 35.1 Å². The minimum absolute atomic E-state index is 0.0904. The Hall–Kier alpha value is -2.35. The summed E-state index contributed by atoms with van der Waals surface area (Å²) in [4.78, 5) is 18.3. The molecule has 2 heterocycles. The van der Waals surface area contributed by atoms with Crippen molar-refractivity contribution >= 4 is 33.9 Å². The first-order valence-corrected chi connectivity index (χ1v) is 9.38. The van der Waals surface area contributed by atoms with Gasteiger partial charge in [0, 0.05) is 17.6 Å². The Balaban J connectivity index is 1.75. The Morgan fingerprint density at radius 1 is 1.46 bits per heavy atom. The van der Waals surface area contributed by atoms with E-state index in [0.717, 1.165) is 30.8 Å². The molecule has 140 valence electrons. The maximum Gasteiger partial charge on any atom is 0.412 e. The second-order valence-electron chi connectivity index (χ2n) is 7.25.